The van der Waals surface area contributed by atoms with Crippen LogP contribution < -0.4 is 10.6 Å². The largest absolute Gasteiger partial charge is 0.505 e. The number of aromatic nitrogens is 3. The zero-order valence-corrected chi connectivity index (χ0v) is 15.6. The lowest BCUT2D eigenvalue weighted by molar-refractivity contribution is 0.0949. The summed E-state index contributed by atoms with van der Waals surface area (Å²) in [6.07, 6.45) is 3.36. The van der Waals surface area contributed by atoms with Gasteiger partial charge in [0.15, 0.2) is 17.2 Å². The van der Waals surface area contributed by atoms with E-state index in [1.54, 1.807) is 19.1 Å². The molecule has 2 aromatic heterocycles. The second-order valence-electron chi connectivity index (χ2n) is 7.11. The predicted octanol–water partition coefficient (Wildman–Crippen LogP) is 2.65. The van der Waals surface area contributed by atoms with Crippen LogP contribution in [0.2, 0.25) is 0 Å². The van der Waals surface area contributed by atoms with Gasteiger partial charge in [-0.25, -0.2) is 9.37 Å². The number of carbonyl (C=O) groups excluding carboxylic acids is 1. The smallest absolute Gasteiger partial charge is 0.252 e. The Labute approximate surface area is 161 Å². The number of aromatic hydroxyl groups is 1. The van der Waals surface area contributed by atoms with Crippen LogP contribution in [0.5, 0.6) is 5.75 Å². The summed E-state index contributed by atoms with van der Waals surface area (Å²) in [4.78, 5) is 17.4. The van der Waals surface area contributed by atoms with E-state index in [0.717, 1.165) is 25.8 Å². The van der Waals surface area contributed by atoms with E-state index in [4.69, 9.17) is 0 Å². The Bertz CT molecular complexity index is 1030. The first-order chi connectivity index (χ1) is 13.5. The highest BCUT2D eigenvalue weighted by Crippen LogP contribution is 2.28. The molecule has 146 valence electrons. The average molecular weight is 383 g/mol. The third-order valence-corrected chi connectivity index (χ3v) is 5.12. The third kappa shape index (κ3) is 3.55. The summed E-state index contributed by atoms with van der Waals surface area (Å²) >= 11 is 0. The number of halogens is 1. The zero-order valence-electron chi connectivity index (χ0n) is 15.6. The van der Waals surface area contributed by atoms with Crippen molar-refractivity contribution in [1.29, 1.82) is 0 Å². The van der Waals surface area contributed by atoms with Crippen molar-refractivity contribution in [3.05, 3.63) is 41.3 Å². The Kier molecular flexibility index (Phi) is 4.95. The molecule has 3 aromatic rings. The molecule has 7 nitrogen and oxygen atoms in total. The molecule has 1 amide bonds. The number of nitrogens with zero attached hydrogens (tertiary/aromatic N) is 2. The van der Waals surface area contributed by atoms with Crippen LogP contribution >= 0.6 is 0 Å². The van der Waals surface area contributed by atoms with E-state index in [9.17, 15) is 14.3 Å². The SMILES string of the molecule is Cc1n[nH]c2nc(-c3ccc(O)c(F)c3)cc(C(=O)NCC3CCCCN3)c12. The number of benzene rings is 1. The molecule has 28 heavy (non-hydrogen) atoms. The number of hydrogen-bond acceptors (Lipinski definition) is 5. The fourth-order valence-corrected chi connectivity index (χ4v) is 3.59. The Morgan fingerprint density at radius 3 is 2.96 bits per heavy atom. The van der Waals surface area contributed by atoms with Crippen LogP contribution in [0.4, 0.5) is 4.39 Å². The fourth-order valence-electron chi connectivity index (χ4n) is 3.59. The third-order valence-electron chi connectivity index (χ3n) is 5.12. The van der Waals surface area contributed by atoms with Crippen LogP contribution in [0.3, 0.4) is 0 Å². The molecule has 1 aromatic carbocycles. The highest BCUT2D eigenvalue weighted by molar-refractivity contribution is 6.07. The maximum absolute atomic E-state index is 13.8. The molecule has 1 fully saturated rings. The number of aromatic amines is 1. The van der Waals surface area contributed by atoms with Gasteiger partial charge < -0.3 is 15.7 Å². The highest BCUT2D eigenvalue weighted by atomic mass is 19.1. The molecule has 0 aliphatic carbocycles. The lowest BCUT2D eigenvalue weighted by Crippen LogP contribution is -2.43. The number of fused-ring (bicyclic) bond motifs is 1. The molecule has 0 bridgehead atoms. The zero-order chi connectivity index (χ0) is 19.7. The maximum Gasteiger partial charge on any atom is 0.252 e. The van der Waals surface area contributed by atoms with Gasteiger partial charge in [0.2, 0.25) is 0 Å². The van der Waals surface area contributed by atoms with Gasteiger partial charge in [-0.1, -0.05) is 6.42 Å². The van der Waals surface area contributed by atoms with E-state index in [2.05, 4.69) is 25.8 Å². The number of hydrogen-bond donors (Lipinski definition) is 4. The topological polar surface area (TPSA) is 103 Å². The minimum atomic E-state index is -0.741. The number of piperidine rings is 1. The predicted molar refractivity (Wildman–Crippen MR) is 104 cm³/mol. The molecule has 1 saturated heterocycles. The van der Waals surface area contributed by atoms with Gasteiger partial charge in [0, 0.05) is 18.2 Å². The van der Waals surface area contributed by atoms with Gasteiger partial charge >= 0.3 is 0 Å². The molecule has 1 aliphatic heterocycles. The van der Waals surface area contributed by atoms with Crippen molar-refractivity contribution in [3.63, 3.8) is 0 Å². The molecule has 1 unspecified atom stereocenters. The summed E-state index contributed by atoms with van der Waals surface area (Å²) in [5.74, 6) is -1.39. The summed E-state index contributed by atoms with van der Waals surface area (Å²) in [6.45, 7) is 3.32. The van der Waals surface area contributed by atoms with Crippen molar-refractivity contribution < 1.29 is 14.3 Å². The summed E-state index contributed by atoms with van der Waals surface area (Å²) in [5, 5.41) is 23.5. The average Bonchev–Trinajstić information content (AvgIpc) is 3.09. The summed E-state index contributed by atoms with van der Waals surface area (Å²) in [7, 11) is 0. The van der Waals surface area contributed by atoms with Gasteiger partial charge in [0.25, 0.3) is 5.91 Å². The second kappa shape index (κ2) is 7.55. The number of carbonyl (C=O) groups is 1. The number of aryl methyl sites for hydroxylation is 1. The number of nitrogens with one attached hydrogen (secondary N) is 3. The van der Waals surface area contributed by atoms with Gasteiger partial charge in [0.05, 0.1) is 22.3 Å². The van der Waals surface area contributed by atoms with Gasteiger partial charge in [-0.2, -0.15) is 5.10 Å². The van der Waals surface area contributed by atoms with E-state index < -0.39 is 11.6 Å². The quantitative estimate of drug-likeness (QED) is 0.555. The Morgan fingerprint density at radius 2 is 2.21 bits per heavy atom. The molecule has 4 rings (SSSR count). The van der Waals surface area contributed by atoms with E-state index in [1.165, 1.54) is 12.1 Å². The van der Waals surface area contributed by atoms with Crippen molar-refractivity contribution in [1.82, 2.24) is 25.8 Å². The molecule has 1 aliphatic rings. The minimum absolute atomic E-state index is 0.218. The van der Waals surface area contributed by atoms with E-state index in [0.29, 0.717) is 40.1 Å². The lowest BCUT2D eigenvalue weighted by atomic mass is 10.0. The molecule has 0 radical (unpaired) electrons. The number of phenols is 1. The molecule has 4 N–H and O–H groups in total. The van der Waals surface area contributed by atoms with Crippen LogP contribution in [0.1, 0.15) is 35.3 Å². The monoisotopic (exact) mass is 383 g/mol. The molecule has 8 heteroatoms. The summed E-state index contributed by atoms with van der Waals surface area (Å²) in [6, 6.07) is 5.93. The minimum Gasteiger partial charge on any atom is -0.505 e. The van der Waals surface area contributed by atoms with Gasteiger partial charge in [-0.05, 0) is 50.6 Å². The molecule has 0 spiro atoms. The fraction of sp³-hybridized carbons (Fsp3) is 0.350. The van der Waals surface area contributed by atoms with Crippen LogP contribution in [0, 0.1) is 12.7 Å². The van der Waals surface area contributed by atoms with Gasteiger partial charge in [-0.3, -0.25) is 9.89 Å². The number of rotatable bonds is 4. The Morgan fingerprint density at radius 1 is 1.36 bits per heavy atom. The highest BCUT2D eigenvalue weighted by Gasteiger charge is 2.20. The van der Waals surface area contributed by atoms with Crippen molar-refractivity contribution >= 4 is 16.9 Å². The van der Waals surface area contributed by atoms with Crippen LogP contribution in [0.15, 0.2) is 24.3 Å². The van der Waals surface area contributed by atoms with Crippen molar-refractivity contribution in [3.8, 4) is 17.0 Å². The summed E-state index contributed by atoms with van der Waals surface area (Å²) in [5.41, 5.74) is 2.47. The van der Waals surface area contributed by atoms with Gasteiger partial charge in [0.1, 0.15) is 0 Å². The normalized spacial score (nSPS) is 17.0. The van der Waals surface area contributed by atoms with E-state index in [-0.39, 0.29) is 11.9 Å². The number of amides is 1. The molecule has 0 saturated carbocycles. The molecular weight excluding hydrogens is 361 g/mol. The van der Waals surface area contributed by atoms with E-state index in [1.807, 2.05) is 0 Å². The summed E-state index contributed by atoms with van der Waals surface area (Å²) < 4.78 is 13.8. The lowest BCUT2D eigenvalue weighted by Gasteiger charge is -2.23. The first-order valence-corrected chi connectivity index (χ1v) is 9.39. The first-order valence-electron chi connectivity index (χ1n) is 9.39. The van der Waals surface area contributed by atoms with Gasteiger partial charge in [-0.15, -0.1) is 0 Å². The Hall–Kier alpha value is -3.00. The van der Waals surface area contributed by atoms with E-state index >= 15 is 0 Å². The first kappa shape index (κ1) is 18.4. The van der Waals surface area contributed by atoms with Crippen LogP contribution in [-0.4, -0.2) is 45.3 Å². The number of H-pyrrole nitrogens is 1. The number of phenolic OH excluding ortho intramolecular Hbond substituents is 1. The van der Waals surface area contributed by atoms with Crippen LogP contribution in [-0.2, 0) is 0 Å². The standard InChI is InChI=1S/C20H22FN5O2/c1-11-18-14(20(28)23-10-13-4-2-3-7-22-13)9-16(24-19(18)26-25-11)12-5-6-17(27)15(21)8-12/h5-6,8-9,13,22,27H,2-4,7,10H2,1H3,(H,23,28)(H,24,25,26). The maximum atomic E-state index is 13.8. The van der Waals surface area contributed by atoms with Crippen molar-refractivity contribution in [2.24, 2.45) is 0 Å². The molecule has 3 heterocycles. The van der Waals surface area contributed by atoms with Crippen molar-refractivity contribution in [2.45, 2.75) is 32.2 Å². The number of pyridine rings is 1. The Balaban J connectivity index is 1.68. The molecule has 1 atom stereocenters. The second-order valence-corrected chi connectivity index (χ2v) is 7.11. The molecular formula is C20H22FN5O2. The van der Waals surface area contributed by atoms with Crippen LogP contribution in [0.25, 0.3) is 22.3 Å². The van der Waals surface area contributed by atoms with Crippen molar-refractivity contribution in [2.75, 3.05) is 13.1 Å².